The van der Waals surface area contributed by atoms with Gasteiger partial charge in [0.2, 0.25) is 0 Å². The van der Waals surface area contributed by atoms with E-state index in [1.807, 2.05) is 0 Å². The van der Waals surface area contributed by atoms with Gasteiger partial charge in [-0.15, -0.1) is 0 Å². The van der Waals surface area contributed by atoms with Crippen LogP contribution in [-0.4, -0.2) is 22.6 Å². The van der Waals surface area contributed by atoms with Gasteiger partial charge in [0.15, 0.2) is 0 Å². The summed E-state index contributed by atoms with van der Waals surface area (Å²) >= 11 is 0. The maximum Gasteiger partial charge on any atom is 0.256 e. The third-order valence-electron chi connectivity index (χ3n) is 11.4. The highest BCUT2D eigenvalue weighted by Crippen LogP contribution is 2.44. The van der Waals surface area contributed by atoms with Crippen LogP contribution in [0.1, 0.15) is 0 Å². The highest BCUT2D eigenvalue weighted by atomic mass is 16.5. The van der Waals surface area contributed by atoms with E-state index < -0.39 is 0 Å². The number of nitrogens with zero attached hydrogens (tertiary/aromatic N) is 2. The molecule has 6 heterocycles. The number of hydrogen-bond donors (Lipinski definition) is 0. The average Bonchev–Trinajstić information content (AvgIpc) is 3.66. The lowest BCUT2D eigenvalue weighted by Crippen LogP contribution is -2.58. The van der Waals surface area contributed by atoms with E-state index in [1.54, 1.807) is 0 Å². The van der Waals surface area contributed by atoms with E-state index in [9.17, 15) is 0 Å². The summed E-state index contributed by atoms with van der Waals surface area (Å²) in [5.74, 6) is 3.78. The number of rotatable bonds is 0. The fourth-order valence-corrected chi connectivity index (χ4v) is 9.76. The highest BCUT2D eigenvalue weighted by molar-refractivity contribution is 7.00. The summed E-state index contributed by atoms with van der Waals surface area (Å²) in [6.45, 7) is 0.222. The number of para-hydroxylation sites is 4. The van der Waals surface area contributed by atoms with E-state index >= 15 is 0 Å². The van der Waals surface area contributed by atoms with Crippen LogP contribution in [0.5, 0.6) is 23.0 Å². The summed E-state index contributed by atoms with van der Waals surface area (Å²) in [6, 6.07) is 48.6. The van der Waals surface area contributed by atoms with Gasteiger partial charge in [0.05, 0.1) is 11.0 Å². The lowest BCUT2D eigenvalue weighted by atomic mass is 9.34. The average molecular weight is 608 g/mol. The van der Waals surface area contributed by atoms with Gasteiger partial charge in [0.1, 0.15) is 23.0 Å². The monoisotopic (exact) mass is 608 g/mol. The van der Waals surface area contributed by atoms with Crippen molar-refractivity contribution in [1.29, 1.82) is 0 Å². The number of benzene rings is 7. The van der Waals surface area contributed by atoms with Crippen molar-refractivity contribution in [2.24, 2.45) is 0 Å². The number of ether oxygens (including phenoxy) is 2. The topological polar surface area (TPSA) is 28.3 Å². The molecule has 4 nitrogen and oxygen atoms in total. The van der Waals surface area contributed by atoms with Crippen LogP contribution in [0, 0.1) is 0 Å². The van der Waals surface area contributed by atoms with Crippen LogP contribution >= 0.6 is 0 Å². The van der Waals surface area contributed by atoms with Crippen molar-refractivity contribution in [2.45, 2.75) is 0 Å². The van der Waals surface area contributed by atoms with Gasteiger partial charge in [-0.2, -0.15) is 0 Å². The molecule has 0 unspecified atom stereocenters. The molecule has 0 radical (unpaired) electrons. The van der Waals surface area contributed by atoms with Gasteiger partial charge < -0.3 is 18.6 Å². The summed E-state index contributed by atoms with van der Waals surface area (Å²) in [5, 5.41) is 5.19. The molecule has 0 atom stereocenters. The maximum absolute atomic E-state index is 6.56. The molecule has 6 heteroatoms. The first-order valence-corrected chi connectivity index (χ1v) is 16.7. The van der Waals surface area contributed by atoms with Crippen LogP contribution in [-0.2, 0) is 0 Å². The molecule has 0 saturated heterocycles. The molecular formula is C42H22B2N2O2. The van der Waals surface area contributed by atoms with Crippen molar-refractivity contribution in [1.82, 2.24) is 9.13 Å². The zero-order valence-corrected chi connectivity index (χ0v) is 25.6. The molecule has 9 aromatic rings. The summed E-state index contributed by atoms with van der Waals surface area (Å²) in [5.41, 5.74) is 15.0. The first kappa shape index (κ1) is 24.1. The predicted octanol–water partition coefficient (Wildman–Crippen LogP) is 5.75. The fraction of sp³-hybridized carbons (Fsp3) is 0. The van der Waals surface area contributed by atoms with Crippen LogP contribution < -0.4 is 42.3 Å². The van der Waals surface area contributed by atoms with E-state index in [0.29, 0.717) is 0 Å². The molecule has 0 amide bonds. The van der Waals surface area contributed by atoms with Gasteiger partial charge in [-0.3, -0.25) is 0 Å². The van der Waals surface area contributed by atoms with Gasteiger partial charge in [-0.25, -0.2) is 0 Å². The van der Waals surface area contributed by atoms with E-state index in [1.165, 1.54) is 87.8 Å². The number of aromatic nitrogens is 2. The second kappa shape index (κ2) is 8.04. The Kier molecular flexibility index (Phi) is 4.04. The Morgan fingerprint density at radius 3 is 1.29 bits per heavy atom. The third-order valence-corrected chi connectivity index (χ3v) is 11.4. The number of fused-ring (bicyclic) bond motifs is 15. The lowest BCUT2D eigenvalue weighted by molar-refractivity contribution is 0.487. The van der Waals surface area contributed by atoms with Crippen molar-refractivity contribution in [3.8, 4) is 34.4 Å². The Morgan fingerprint density at radius 1 is 0.375 bits per heavy atom. The largest absolute Gasteiger partial charge is 0.458 e. The van der Waals surface area contributed by atoms with Crippen molar-refractivity contribution >= 4 is 89.8 Å². The quantitative estimate of drug-likeness (QED) is 0.205. The van der Waals surface area contributed by atoms with E-state index in [0.717, 1.165) is 23.0 Å². The first-order chi connectivity index (χ1) is 23.8. The molecule has 4 aliphatic rings. The van der Waals surface area contributed by atoms with Crippen LogP contribution in [0.15, 0.2) is 133 Å². The molecule has 218 valence electrons. The van der Waals surface area contributed by atoms with Crippen molar-refractivity contribution < 1.29 is 9.47 Å². The summed E-state index contributed by atoms with van der Waals surface area (Å²) in [4.78, 5) is 0. The molecule has 2 aromatic heterocycles. The van der Waals surface area contributed by atoms with E-state index in [2.05, 4.69) is 143 Å². The van der Waals surface area contributed by atoms with Crippen molar-refractivity contribution in [3.63, 3.8) is 0 Å². The second-order valence-corrected chi connectivity index (χ2v) is 13.5. The van der Waals surface area contributed by atoms with Gasteiger partial charge in [-0.05, 0) is 81.3 Å². The normalized spacial score (nSPS) is 14.1. The van der Waals surface area contributed by atoms with Crippen LogP contribution in [0.25, 0.3) is 55.0 Å². The van der Waals surface area contributed by atoms with Gasteiger partial charge in [0.25, 0.3) is 13.4 Å². The van der Waals surface area contributed by atoms with Crippen LogP contribution in [0.4, 0.5) is 0 Å². The Hall–Kier alpha value is -6.13. The molecule has 0 fully saturated rings. The summed E-state index contributed by atoms with van der Waals surface area (Å²) < 4.78 is 18.1. The van der Waals surface area contributed by atoms with Crippen LogP contribution in [0.2, 0.25) is 0 Å². The Bertz CT molecular complexity index is 2790. The molecular weight excluding hydrogens is 586 g/mol. The molecule has 0 saturated carbocycles. The SMILES string of the molecule is c1ccc2c(c1)Oc1cccc3c1B2c1cccc2c4c5c6cccc7c6n(c5ccc4n-3c12)-c1cccc2c1B7c1ccccc1O2. The van der Waals surface area contributed by atoms with E-state index in [-0.39, 0.29) is 13.4 Å². The highest BCUT2D eigenvalue weighted by Gasteiger charge is 2.42. The minimum Gasteiger partial charge on any atom is -0.458 e. The molecule has 13 rings (SSSR count). The fourth-order valence-electron chi connectivity index (χ4n) is 9.76. The molecule has 0 spiro atoms. The zero-order valence-electron chi connectivity index (χ0n) is 25.6. The molecule has 7 aromatic carbocycles. The summed E-state index contributed by atoms with van der Waals surface area (Å²) in [7, 11) is 0. The Balaban J connectivity index is 1.22. The van der Waals surface area contributed by atoms with Gasteiger partial charge >= 0.3 is 0 Å². The molecule has 0 bridgehead atoms. The predicted molar refractivity (Wildman–Crippen MR) is 197 cm³/mol. The maximum atomic E-state index is 6.56. The molecule has 48 heavy (non-hydrogen) atoms. The first-order valence-electron chi connectivity index (χ1n) is 16.7. The van der Waals surface area contributed by atoms with Gasteiger partial charge in [-0.1, -0.05) is 84.9 Å². The molecule has 0 N–H and O–H groups in total. The van der Waals surface area contributed by atoms with Crippen molar-refractivity contribution in [2.75, 3.05) is 0 Å². The van der Waals surface area contributed by atoms with Crippen LogP contribution in [0.3, 0.4) is 0 Å². The zero-order chi connectivity index (χ0) is 30.8. The third kappa shape index (κ3) is 2.58. The molecule has 4 aliphatic heterocycles. The standard InChI is InChI=1S/C42H22B2N2O2/c1-3-17-33-25(11-1)43-27-13-5-9-23-37-29(45(41(23)27)31-15-7-19-35(47-33)39(31)43)21-22-30-38(37)24-10-6-14-28-42(24)46(30)32-16-8-20-36-40(32)44(28)26-12-2-4-18-34(26)48-36/h1-22H. The Morgan fingerprint density at radius 2 is 0.792 bits per heavy atom. The van der Waals surface area contributed by atoms with Crippen molar-refractivity contribution in [3.05, 3.63) is 133 Å². The van der Waals surface area contributed by atoms with E-state index in [4.69, 9.17) is 9.47 Å². The van der Waals surface area contributed by atoms with Gasteiger partial charge in [0, 0.05) is 44.0 Å². The minimum atomic E-state index is 0.111. The Labute approximate surface area is 275 Å². The summed E-state index contributed by atoms with van der Waals surface area (Å²) in [6.07, 6.45) is 0. The second-order valence-electron chi connectivity index (χ2n) is 13.5. The minimum absolute atomic E-state index is 0.111. The number of hydrogen-bond acceptors (Lipinski definition) is 2. The smallest absolute Gasteiger partial charge is 0.256 e. The molecule has 0 aliphatic carbocycles. The lowest BCUT2D eigenvalue weighted by Gasteiger charge is -2.33.